The summed E-state index contributed by atoms with van der Waals surface area (Å²) in [6.07, 6.45) is 0. The van der Waals surface area contributed by atoms with Gasteiger partial charge >= 0.3 is 0 Å². The number of Topliss-reactive ketones (excluding diaryl/α,β-unsaturated/α-hetero) is 2. The number of hydrogen-bond donors (Lipinski definition) is 2. The second kappa shape index (κ2) is 7.88. The van der Waals surface area contributed by atoms with E-state index in [1.165, 1.54) is 30.3 Å². The minimum atomic E-state index is -3.93. The quantitative estimate of drug-likeness (QED) is 0.574. The average molecular weight is 473 g/mol. The van der Waals surface area contributed by atoms with E-state index in [1.807, 2.05) is 0 Å². The van der Waals surface area contributed by atoms with Crippen LogP contribution in [0.25, 0.3) is 0 Å². The summed E-state index contributed by atoms with van der Waals surface area (Å²) in [5, 5.41) is 6.25. The number of fused-ring (bicyclic) bond motifs is 1. The Morgan fingerprint density at radius 1 is 0.969 bits per heavy atom. The maximum Gasteiger partial charge on any atom is 0.264 e. The zero-order valence-corrected chi connectivity index (χ0v) is 18.8. The van der Waals surface area contributed by atoms with Gasteiger partial charge in [-0.3, -0.25) is 9.59 Å². The van der Waals surface area contributed by atoms with E-state index in [-0.39, 0.29) is 32.8 Å². The van der Waals surface area contributed by atoms with Crippen LogP contribution in [0.2, 0.25) is 0 Å². The number of hydrogen-bond acceptors (Lipinski definition) is 8. The van der Waals surface area contributed by atoms with Gasteiger partial charge in [-0.2, -0.15) is 0 Å². The molecule has 0 saturated carbocycles. The Kier molecular flexibility index (Phi) is 5.35. The average Bonchev–Trinajstić information content (AvgIpc) is 3.07. The van der Waals surface area contributed by atoms with Crippen molar-refractivity contribution in [3.63, 3.8) is 0 Å². The lowest BCUT2D eigenvalue weighted by molar-refractivity contribution is 0.0978. The van der Waals surface area contributed by atoms with Crippen molar-refractivity contribution in [3.05, 3.63) is 75.3 Å². The Morgan fingerprint density at radius 3 is 2.28 bits per heavy atom. The Hall–Kier alpha value is -3.50. The summed E-state index contributed by atoms with van der Waals surface area (Å²) >= 11 is 6.15. The fraction of sp³-hybridized carbons (Fsp3) is 0.143. The van der Waals surface area contributed by atoms with Crippen LogP contribution >= 0.6 is 11.6 Å². The molecule has 4 rings (SSSR count). The molecular formula is C21H17ClN4O5S. The smallest absolute Gasteiger partial charge is 0.264 e. The number of aryl methyl sites for hydroxylation is 2. The first kappa shape index (κ1) is 21.7. The number of allylic oxidation sites excluding steroid dienone is 2. The zero-order chi connectivity index (χ0) is 23.2. The molecule has 3 aromatic rings. The van der Waals surface area contributed by atoms with Crippen molar-refractivity contribution in [2.75, 3.05) is 10.0 Å². The summed E-state index contributed by atoms with van der Waals surface area (Å²) in [6.45, 7) is 5.09. The first-order valence-electron chi connectivity index (χ1n) is 9.38. The molecule has 1 aliphatic carbocycles. The van der Waals surface area contributed by atoms with Crippen LogP contribution in [-0.4, -0.2) is 30.1 Å². The van der Waals surface area contributed by atoms with Crippen molar-refractivity contribution in [2.45, 2.75) is 25.7 Å². The van der Waals surface area contributed by atoms with E-state index in [1.54, 1.807) is 26.8 Å². The largest absolute Gasteiger partial charge is 0.351 e. The van der Waals surface area contributed by atoms with E-state index in [2.05, 4.69) is 20.2 Å². The fourth-order valence-electron chi connectivity index (χ4n) is 3.03. The predicted molar refractivity (Wildman–Crippen MR) is 117 cm³/mol. The number of anilines is 2. The number of aromatic nitrogens is 2. The van der Waals surface area contributed by atoms with Gasteiger partial charge in [-0.25, -0.2) is 18.1 Å². The third kappa shape index (κ3) is 3.78. The number of nitrogens with zero attached hydrogens (tertiary/aromatic N) is 2. The number of pyridine rings is 1. The van der Waals surface area contributed by atoms with Crippen molar-refractivity contribution in [2.24, 2.45) is 0 Å². The van der Waals surface area contributed by atoms with Crippen molar-refractivity contribution in [1.29, 1.82) is 0 Å². The standard InChI is InChI=1S/C21H17ClN4O5S/c1-10-4-9-15-17(23-10)20(28)16(22)18(19(15)27)24-13-5-7-14(8-6-13)32(29,30)26-21-11(2)12(3)25-31-21/h4-9,24,26H,1-3H3. The Labute approximate surface area is 188 Å². The highest BCUT2D eigenvalue weighted by atomic mass is 35.5. The summed E-state index contributed by atoms with van der Waals surface area (Å²) in [5.41, 5.74) is 2.17. The molecule has 164 valence electrons. The Morgan fingerprint density at radius 2 is 1.66 bits per heavy atom. The number of carbonyl (C=O) groups is 2. The van der Waals surface area contributed by atoms with Gasteiger partial charge in [0.15, 0.2) is 0 Å². The zero-order valence-electron chi connectivity index (χ0n) is 17.2. The van der Waals surface area contributed by atoms with E-state index in [0.717, 1.165) is 0 Å². The second-order valence-corrected chi connectivity index (χ2v) is 9.23. The highest BCUT2D eigenvalue weighted by Gasteiger charge is 2.33. The van der Waals surface area contributed by atoms with Gasteiger partial charge in [0.05, 0.1) is 16.2 Å². The molecule has 0 radical (unpaired) electrons. The van der Waals surface area contributed by atoms with Gasteiger partial charge in [0.1, 0.15) is 16.4 Å². The van der Waals surface area contributed by atoms with Crippen LogP contribution in [0.4, 0.5) is 11.6 Å². The molecule has 11 heteroatoms. The van der Waals surface area contributed by atoms with Crippen LogP contribution in [0.5, 0.6) is 0 Å². The molecule has 9 nitrogen and oxygen atoms in total. The monoisotopic (exact) mass is 472 g/mol. The van der Waals surface area contributed by atoms with Crippen LogP contribution in [-0.2, 0) is 10.0 Å². The lowest BCUT2D eigenvalue weighted by atomic mass is 9.96. The molecular weight excluding hydrogens is 456 g/mol. The van der Waals surface area contributed by atoms with Crippen LogP contribution in [0.15, 0.2) is 56.5 Å². The molecule has 0 saturated heterocycles. The van der Waals surface area contributed by atoms with Gasteiger partial charge < -0.3 is 9.84 Å². The highest BCUT2D eigenvalue weighted by molar-refractivity contribution is 7.92. The SMILES string of the molecule is Cc1ccc2c(n1)C(=O)C(Cl)=C(Nc1ccc(S(=O)(=O)Nc3onc(C)c3C)cc1)C2=O. The van der Waals surface area contributed by atoms with Crippen molar-refractivity contribution >= 4 is 44.8 Å². The number of nitrogens with one attached hydrogen (secondary N) is 2. The van der Waals surface area contributed by atoms with Gasteiger partial charge in [-0.15, -0.1) is 0 Å². The third-order valence-corrected chi connectivity index (χ3v) is 6.67. The molecule has 0 bridgehead atoms. The maximum absolute atomic E-state index is 12.8. The van der Waals surface area contributed by atoms with Gasteiger partial charge in [-0.1, -0.05) is 16.8 Å². The summed E-state index contributed by atoms with van der Waals surface area (Å²) in [7, 11) is -3.93. The molecule has 0 unspecified atom stereocenters. The van der Waals surface area contributed by atoms with Crippen LogP contribution in [0, 0.1) is 20.8 Å². The third-order valence-electron chi connectivity index (χ3n) is 4.96. The van der Waals surface area contributed by atoms with Gasteiger partial charge in [0.25, 0.3) is 10.0 Å². The van der Waals surface area contributed by atoms with Crippen LogP contribution < -0.4 is 10.0 Å². The van der Waals surface area contributed by atoms with Gasteiger partial charge in [-0.05, 0) is 57.2 Å². The van der Waals surface area contributed by atoms with Crippen molar-refractivity contribution in [3.8, 4) is 0 Å². The highest BCUT2D eigenvalue weighted by Crippen LogP contribution is 2.29. The molecule has 2 N–H and O–H groups in total. The summed E-state index contributed by atoms with van der Waals surface area (Å²) in [4.78, 5) is 29.5. The van der Waals surface area contributed by atoms with Gasteiger partial charge in [0.2, 0.25) is 17.5 Å². The van der Waals surface area contributed by atoms with Crippen LogP contribution in [0.3, 0.4) is 0 Å². The molecule has 1 aliphatic rings. The fourth-order valence-corrected chi connectivity index (χ4v) is 4.30. The van der Waals surface area contributed by atoms with Crippen molar-refractivity contribution in [1.82, 2.24) is 10.1 Å². The molecule has 0 fully saturated rings. The first-order valence-corrected chi connectivity index (χ1v) is 11.2. The van der Waals surface area contributed by atoms with Crippen LogP contribution in [0.1, 0.15) is 37.8 Å². The normalized spacial score (nSPS) is 13.9. The number of rotatable bonds is 5. The molecule has 32 heavy (non-hydrogen) atoms. The number of halogens is 1. The Bertz CT molecular complexity index is 1410. The van der Waals surface area contributed by atoms with E-state index in [9.17, 15) is 18.0 Å². The lowest BCUT2D eigenvalue weighted by Gasteiger charge is -2.18. The second-order valence-electron chi connectivity index (χ2n) is 7.17. The lowest BCUT2D eigenvalue weighted by Crippen LogP contribution is -2.25. The number of sulfonamides is 1. The van der Waals surface area contributed by atoms with Gasteiger partial charge in [0, 0.05) is 16.9 Å². The molecule has 0 amide bonds. The maximum atomic E-state index is 12.8. The van der Waals surface area contributed by atoms with E-state index in [4.69, 9.17) is 16.1 Å². The number of carbonyl (C=O) groups excluding carboxylic acids is 2. The number of ketones is 2. The van der Waals surface area contributed by atoms with Crippen molar-refractivity contribution < 1.29 is 22.5 Å². The van der Waals surface area contributed by atoms with E-state index in [0.29, 0.717) is 22.6 Å². The first-order chi connectivity index (χ1) is 15.1. The molecule has 2 heterocycles. The minimum absolute atomic E-state index is 0.0102. The number of benzene rings is 1. The van der Waals surface area contributed by atoms with E-state index >= 15 is 0 Å². The topological polar surface area (TPSA) is 131 Å². The molecule has 0 spiro atoms. The van der Waals surface area contributed by atoms with E-state index < -0.39 is 21.6 Å². The molecule has 0 atom stereocenters. The summed E-state index contributed by atoms with van der Waals surface area (Å²) < 4.78 is 32.6. The molecule has 0 aliphatic heterocycles. The predicted octanol–water partition coefficient (Wildman–Crippen LogP) is 3.74. The summed E-state index contributed by atoms with van der Waals surface area (Å²) in [5.74, 6) is -1.00. The summed E-state index contributed by atoms with van der Waals surface area (Å²) in [6, 6.07) is 8.73. The minimum Gasteiger partial charge on any atom is -0.351 e. The Balaban J connectivity index is 1.58. The molecule has 1 aromatic carbocycles. The molecule has 2 aromatic heterocycles.